The molecule has 3 nitrogen and oxygen atoms in total. The van der Waals surface area contributed by atoms with Crippen molar-refractivity contribution in [2.75, 3.05) is 6.61 Å². The molecule has 0 bridgehead atoms. The second-order valence-electron chi connectivity index (χ2n) is 3.07. The first-order valence-electron chi connectivity index (χ1n) is 4.34. The summed E-state index contributed by atoms with van der Waals surface area (Å²) in [4.78, 5) is 8.38. The molecule has 0 radical (unpaired) electrons. The molecule has 1 aliphatic rings. The molecule has 1 aromatic heterocycles. The van der Waals surface area contributed by atoms with Crippen LogP contribution < -0.4 is 0 Å². The van der Waals surface area contributed by atoms with Gasteiger partial charge in [0.15, 0.2) is 0 Å². The molecule has 1 aromatic rings. The highest BCUT2D eigenvalue weighted by Gasteiger charge is 2.15. The second kappa shape index (κ2) is 3.19. The van der Waals surface area contributed by atoms with E-state index in [9.17, 15) is 0 Å². The highest BCUT2D eigenvalue weighted by molar-refractivity contribution is 5.28. The lowest BCUT2D eigenvalue weighted by Crippen LogP contribution is -2.01. The van der Waals surface area contributed by atoms with Gasteiger partial charge in [-0.1, -0.05) is 0 Å². The van der Waals surface area contributed by atoms with E-state index in [2.05, 4.69) is 9.97 Å². The van der Waals surface area contributed by atoms with Gasteiger partial charge in [0.05, 0.1) is 0 Å². The van der Waals surface area contributed by atoms with Crippen LogP contribution >= 0.6 is 0 Å². The van der Waals surface area contributed by atoms with E-state index in [1.807, 2.05) is 0 Å². The van der Waals surface area contributed by atoms with Crippen LogP contribution in [0.1, 0.15) is 23.4 Å². The largest absolute Gasteiger partial charge is 0.396 e. The van der Waals surface area contributed by atoms with E-state index >= 15 is 0 Å². The van der Waals surface area contributed by atoms with Crippen molar-refractivity contribution in [3.05, 3.63) is 23.3 Å². The molecule has 2 rings (SSSR count). The summed E-state index contributed by atoms with van der Waals surface area (Å²) in [6.45, 7) is 0.184. The fraction of sp³-hybridized carbons (Fsp3) is 0.556. The van der Waals surface area contributed by atoms with Crippen molar-refractivity contribution < 1.29 is 5.11 Å². The smallest absolute Gasteiger partial charge is 0.115 e. The third kappa shape index (κ3) is 1.20. The zero-order valence-corrected chi connectivity index (χ0v) is 6.95. The molecule has 1 heterocycles. The van der Waals surface area contributed by atoms with Gasteiger partial charge in [-0.15, -0.1) is 0 Å². The van der Waals surface area contributed by atoms with Gasteiger partial charge >= 0.3 is 0 Å². The molecular formula is C9H12N2O. The number of aliphatic hydroxyl groups is 1. The molecule has 1 aliphatic carbocycles. The third-order valence-corrected chi connectivity index (χ3v) is 2.31. The molecule has 64 valence electrons. The minimum absolute atomic E-state index is 0.184. The Labute approximate surface area is 71.5 Å². The maximum atomic E-state index is 8.79. The van der Waals surface area contributed by atoms with E-state index in [1.165, 1.54) is 17.7 Å². The number of aliphatic hydroxyl groups excluding tert-OH is 1. The van der Waals surface area contributed by atoms with Crippen LogP contribution in [0.15, 0.2) is 6.33 Å². The third-order valence-electron chi connectivity index (χ3n) is 2.31. The molecule has 0 saturated heterocycles. The van der Waals surface area contributed by atoms with Crippen LogP contribution in [0.4, 0.5) is 0 Å². The van der Waals surface area contributed by atoms with Crippen molar-refractivity contribution in [2.45, 2.75) is 25.7 Å². The highest BCUT2D eigenvalue weighted by atomic mass is 16.3. The Morgan fingerprint density at radius 2 is 2.25 bits per heavy atom. The van der Waals surface area contributed by atoms with Crippen molar-refractivity contribution in [3.63, 3.8) is 0 Å². The Morgan fingerprint density at radius 1 is 1.33 bits per heavy atom. The average Bonchev–Trinajstić information content (AvgIpc) is 2.53. The molecule has 0 amide bonds. The predicted octanol–water partition coefficient (Wildman–Crippen LogP) is 0.500. The summed E-state index contributed by atoms with van der Waals surface area (Å²) < 4.78 is 0. The molecule has 0 atom stereocenters. The lowest BCUT2D eigenvalue weighted by Gasteiger charge is -2.03. The number of aromatic nitrogens is 2. The van der Waals surface area contributed by atoms with Crippen molar-refractivity contribution in [1.82, 2.24) is 9.97 Å². The summed E-state index contributed by atoms with van der Waals surface area (Å²) in [6.07, 6.45) is 5.63. The van der Waals surface area contributed by atoms with Gasteiger partial charge < -0.3 is 5.11 Å². The van der Waals surface area contributed by atoms with Crippen molar-refractivity contribution in [2.24, 2.45) is 0 Å². The maximum absolute atomic E-state index is 8.79. The first-order valence-corrected chi connectivity index (χ1v) is 4.34. The minimum atomic E-state index is 0.184. The van der Waals surface area contributed by atoms with E-state index in [4.69, 9.17) is 5.11 Å². The molecule has 0 spiro atoms. The summed E-state index contributed by atoms with van der Waals surface area (Å²) in [7, 11) is 0. The molecule has 0 aromatic carbocycles. The van der Waals surface area contributed by atoms with Crippen LogP contribution in [0.3, 0.4) is 0 Å². The van der Waals surface area contributed by atoms with Crippen LogP contribution in [0.5, 0.6) is 0 Å². The molecule has 1 N–H and O–H groups in total. The summed E-state index contributed by atoms with van der Waals surface area (Å²) >= 11 is 0. The van der Waals surface area contributed by atoms with E-state index in [0.29, 0.717) is 6.42 Å². The van der Waals surface area contributed by atoms with Gasteiger partial charge in [0, 0.05) is 24.4 Å². The number of hydrogen-bond donors (Lipinski definition) is 1. The lowest BCUT2D eigenvalue weighted by atomic mass is 10.1. The lowest BCUT2D eigenvalue weighted by molar-refractivity contribution is 0.298. The van der Waals surface area contributed by atoms with Gasteiger partial charge in [0.1, 0.15) is 6.33 Å². The number of hydrogen-bond acceptors (Lipinski definition) is 3. The normalized spacial score (nSPS) is 14.8. The van der Waals surface area contributed by atoms with Gasteiger partial charge in [-0.25, -0.2) is 9.97 Å². The number of rotatable bonds is 2. The second-order valence-corrected chi connectivity index (χ2v) is 3.07. The fourth-order valence-corrected chi connectivity index (χ4v) is 1.75. The Hall–Kier alpha value is -0.960. The molecule has 0 saturated carbocycles. The summed E-state index contributed by atoms with van der Waals surface area (Å²) in [6, 6.07) is 0. The standard InChI is InChI=1S/C9H12N2O/c12-5-4-9-7-2-1-3-8(7)10-6-11-9/h6,12H,1-5H2. The Bertz CT molecular complexity index is 286. The Morgan fingerprint density at radius 3 is 3.08 bits per heavy atom. The zero-order chi connectivity index (χ0) is 8.39. The summed E-state index contributed by atoms with van der Waals surface area (Å²) in [5, 5.41) is 8.79. The van der Waals surface area contributed by atoms with Crippen molar-refractivity contribution in [1.29, 1.82) is 0 Å². The quantitative estimate of drug-likeness (QED) is 0.692. The van der Waals surface area contributed by atoms with E-state index < -0.39 is 0 Å². The average molecular weight is 164 g/mol. The summed E-state index contributed by atoms with van der Waals surface area (Å²) in [5.41, 5.74) is 3.51. The summed E-state index contributed by atoms with van der Waals surface area (Å²) in [5.74, 6) is 0. The molecular weight excluding hydrogens is 152 g/mol. The number of fused-ring (bicyclic) bond motifs is 1. The van der Waals surface area contributed by atoms with Crippen LogP contribution in [0, 0.1) is 0 Å². The minimum Gasteiger partial charge on any atom is -0.396 e. The van der Waals surface area contributed by atoms with Gasteiger partial charge in [-0.05, 0) is 24.8 Å². The van der Waals surface area contributed by atoms with Crippen molar-refractivity contribution >= 4 is 0 Å². The Kier molecular flexibility index (Phi) is 2.04. The predicted molar refractivity (Wildman–Crippen MR) is 44.8 cm³/mol. The van der Waals surface area contributed by atoms with Crippen LogP contribution in [0.2, 0.25) is 0 Å². The van der Waals surface area contributed by atoms with Crippen molar-refractivity contribution in [3.8, 4) is 0 Å². The first kappa shape index (κ1) is 7.68. The Balaban J connectivity index is 2.36. The number of nitrogens with zero attached hydrogens (tertiary/aromatic N) is 2. The van der Waals surface area contributed by atoms with Gasteiger partial charge in [0.2, 0.25) is 0 Å². The molecule has 12 heavy (non-hydrogen) atoms. The topological polar surface area (TPSA) is 46.0 Å². The van der Waals surface area contributed by atoms with Crippen LogP contribution in [-0.4, -0.2) is 21.7 Å². The molecule has 0 aliphatic heterocycles. The van der Waals surface area contributed by atoms with Gasteiger partial charge in [0.25, 0.3) is 0 Å². The van der Waals surface area contributed by atoms with Gasteiger partial charge in [-0.3, -0.25) is 0 Å². The number of aryl methyl sites for hydroxylation is 1. The zero-order valence-electron chi connectivity index (χ0n) is 6.95. The highest BCUT2D eigenvalue weighted by Crippen LogP contribution is 2.21. The SMILES string of the molecule is OCCc1ncnc2c1CCC2. The van der Waals surface area contributed by atoms with E-state index in [-0.39, 0.29) is 6.61 Å². The van der Waals surface area contributed by atoms with Crippen LogP contribution in [-0.2, 0) is 19.3 Å². The monoisotopic (exact) mass is 164 g/mol. The molecule has 0 fully saturated rings. The fourth-order valence-electron chi connectivity index (χ4n) is 1.75. The van der Waals surface area contributed by atoms with E-state index in [1.54, 1.807) is 6.33 Å². The van der Waals surface area contributed by atoms with Gasteiger partial charge in [-0.2, -0.15) is 0 Å². The first-order chi connectivity index (χ1) is 5.92. The molecule has 0 unspecified atom stereocenters. The maximum Gasteiger partial charge on any atom is 0.115 e. The molecule has 3 heteroatoms. The van der Waals surface area contributed by atoms with Crippen LogP contribution in [0.25, 0.3) is 0 Å². The van der Waals surface area contributed by atoms with E-state index in [0.717, 1.165) is 18.5 Å².